The highest BCUT2D eigenvalue weighted by Crippen LogP contribution is 2.21. The molecule has 0 aliphatic rings. The summed E-state index contributed by atoms with van der Waals surface area (Å²) in [5.41, 5.74) is 2.84. The fourth-order valence-corrected chi connectivity index (χ4v) is 3.06. The number of fused-ring (bicyclic) bond motifs is 1. The van der Waals surface area contributed by atoms with Crippen molar-refractivity contribution in [3.63, 3.8) is 0 Å². The summed E-state index contributed by atoms with van der Waals surface area (Å²) < 4.78 is 5.27. The van der Waals surface area contributed by atoms with Crippen molar-refractivity contribution in [1.29, 1.82) is 0 Å². The van der Waals surface area contributed by atoms with Gasteiger partial charge < -0.3 is 9.72 Å². The molecule has 1 N–H and O–H groups in total. The third-order valence-corrected chi connectivity index (χ3v) is 4.25. The molecule has 0 spiro atoms. The van der Waals surface area contributed by atoms with Gasteiger partial charge in [0, 0.05) is 5.52 Å². The molecule has 0 aliphatic heterocycles. The molecule has 1 heterocycles. The zero-order chi connectivity index (χ0) is 15.9. The van der Waals surface area contributed by atoms with Crippen molar-refractivity contribution in [3.8, 4) is 5.75 Å². The number of hydrogen-bond acceptors (Lipinski definition) is 2. The van der Waals surface area contributed by atoms with Crippen molar-refractivity contribution in [1.82, 2.24) is 4.98 Å². The molecule has 1 aromatic carbocycles. The number of nitrogens with one attached hydrogen (secondary N) is 1. The summed E-state index contributed by atoms with van der Waals surface area (Å²) in [4.78, 5) is 15.9. The van der Waals surface area contributed by atoms with Crippen LogP contribution in [0, 0.1) is 6.92 Å². The molecular weight excluding hydrogens is 274 g/mol. The molecule has 120 valence electrons. The number of H-pyrrole nitrogens is 1. The second-order valence-electron chi connectivity index (χ2n) is 5.97. The summed E-state index contributed by atoms with van der Waals surface area (Å²) in [6.07, 6.45) is 8.54. The molecule has 0 unspecified atom stereocenters. The lowest BCUT2D eigenvalue weighted by atomic mass is 10.0. The topological polar surface area (TPSA) is 42.1 Å². The summed E-state index contributed by atoms with van der Waals surface area (Å²) in [6, 6.07) is 6.06. The largest absolute Gasteiger partial charge is 0.491 e. The maximum atomic E-state index is 12.6. The molecule has 0 bridgehead atoms. The predicted molar refractivity (Wildman–Crippen MR) is 92.9 cm³/mol. The molecule has 3 heteroatoms. The van der Waals surface area contributed by atoms with Gasteiger partial charge in [0.1, 0.15) is 0 Å². The molecule has 22 heavy (non-hydrogen) atoms. The van der Waals surface area contributed by atoms with Crippen LogP contribution >= 0.6 is 0 Å². The average molecular weight is 301 g/mol. The second-order valence-corrected chi connectivity index (χ2v) is 5.97. The summed E-state index contributed by atoms with van der Waals surface area (Å²) in [7, 11) is 1.56. The smallest absolute Gasteiger partial charge is 0.231 e. The van der Waals surface area contributed by atoms with E-state index in [0.717, 1.165) is 35.0 Å². The van der Waals surface area contributed by atoms with Gasteiger partial charge in [-0.05, 0) is 31.4 Å². The quantitative estimate of drug-likeness (QED) is 0.715. The van der Waals surface area contributed by atoms with Crippen LogP contribution in [0.15, 0.2) is 23.0 Å². The zero-order valence-corrected chi connectivity index (χ0v) is 14.0. The van der Waals surface area contributed by atoms with Crippen molar-refractivity contribution in [2.24, 2.45) is 0 Å². The monoisotopic (exact) mass is 301 g/mol. The zero-order valence-electron chi connectivity index (χ0n) is 14.0. The Morgan fingerprint density at radius 2 is 1.82 bits per heavy atom. The number of methoxy groups -OCH3 is 1. The molecule has 0 saturated carbocycles. The fraction of sp³-hybridized carbons (Fsp3) is 0.526. The van der Waals surface area contributed by atoms with Crippen molar-refractivity contribution < 1.29 is 4.74 Å². The number of benzene rings is 1. The Kier molecular flexibility index (Phi) is 6.05. The van der Waals surface area contributed by atoms with Gasteiger partial charge in [0.15, 0.2) is 5.75 Å². The number of aromatic amines is 1. The Hall–Kier alpha value is -1.77. The highest BCUT2D eigenvalue weighted by Gasteiger charge is 2.12. The number of rotatable bonds is 8. The lowest BCUT2D eigenvalue weighted by molar-refractivity contribution is 0.406. The highest BCUT2D eigenvalue weighted by molar-refractivity contribution is 5.83. The van der Waals surface area contributed by atoms with Crippen molar-refractivity contribution in [2.75, 3.05) is 7.11 Å². The number of ether oxygens (including phenoxy) is 1. The predicted octanol–water partition coefficient (Wildman–Crippen LogP) is 4.75. The van der Waals surface area contributed by atoms with E-state index in [1.54, 1.807) is 7.11 Å². The highest BCUT2D eigenvalue weighted by atomic mass is 16.5. The van der Waals surface area contributed by atoms with E-state index in [1.807, 2.05) is 19.1 Å². The summed E-state index contributed by atoms with van der Waals surface area (Å²) in [6.45, 7) is 4.11. The first-order chi connectivity index (χ1) is 10.7. The van der Waals surface area contributed by atoms with Gasteiger partial charge in [0.25, 0.3) is 0 Å². The van der Waals surface area contributed by atoms with Crippen LogP contribution in [-0.4, -0.2) is 12.1 Å². The third-order valence-electron chi connectivity index (χ3n) is 4.25. The van der Waals surface area contributed by atoms with Gasteiger partial charge in [-0.3, -0.25) is 4.79 Å². The number of pyridine rings is 1. The van der Waals surface area contributed by atoms with Gasteiger partial charge in [-0.25, -0.2) is 0 Å². The van der Waals surface area contributed by atoms with Crippen LogP contribution < -0.4 is 10.2 Å². The standard InChI is InChI=1S/C19H27NO2/c1-4-5-6-7-8-9-11-15-12-10-13-16-17(15)18(21)19(22-3)14(2)20-16/h10,12-13H,4-9,11H2,1-3H3,(H,20,21). The van der Waals surface area contributed by atoms with Crippen LogP contribution in [0.2, 0.25) is 0 Å². The van der Waals surface area contributed by atoms with E-state index in [0.29, 0.717) is 5.75 Å². The second kappa shape index (κ2) is 8.02. The van der Waals surface area contributed by atoms with Crippen LogP contribution in [0.4, 0.5) is 0 Å². The van der Waals surface area contributed by atoms with Crippen molar-refractivity contribution >= 4 is 10.9 Å². The molecule has 0 radical (unpaired) electrons. The molecule has 2 rings (SSSR count). The Labute approximate surface area is 132 Å². The number of hydrogen-bond donors (Lipinski definition) is 1. The SMILES string of the molecule is CCCCCCCCc1cccc2[nH]c(C)c(OC)c(=O)c12. The first-order valence-electron chi connectivity index (χ1n) is 8.37. The Bertz CT molecular complexity index is 673. The van der Waals surface area contributed by atoms with Gasteiger partial charge in [0.2, 0.25) is 5.43 Å². The Morgan fingerprint density at radius 3 is 2.55 bits per heavy atom. The summed E-state index contributed by atoms with van der Waals surface area (Å²) >= 11 is 0. The van der Waals surface area contributed by atoms with Crippen LogP contribution in [-0.2, 0) is 6.42 Å². The Balaban J connectivity index is 2.18. The maximum Gasteiger partial charge on any atom is 0.231 e. The van der Waals surface area contributed by atoms with Crippen LogP contribution in [0.1, 0.15) is 56.7 Å². The first kappa shape index (κ1) is 16.6. The van der Waals surface area contributed by atoms with Crippen LogP contribution in [0.5, 0.6) is 5.75 Å². The molecular formula is C19H27NO2. The minimum Gasteiger partial charge on any atom is -0.491 e. The van der Waals surface area contributed by atoms with E-state index in [4.69, 9.17) is 4.74 Å². The molecule has 1 aromatic heterocycles. The van der Waals surface area contributed by atoms with Crippen molar-refractivity contribution in [2.45, 2.75) is 58.8 Å². The van der Waals surface area contributed by atoms with Gasteiger partial charge >= 0.3 is 0 Å². The molecule has 0 fully saturated rings. The van der Waals surface area contributed by atoms with Gasteiger partial charge in [0.05, 0.1) is 18.2 Å². The third kappa shape index (κ3) is 3.70. The maximum absolute atomic E-state index is 12.6. The molecule has 0 amide bonds. The van der Waals surface area contributed by atoms with Gasteiger partial charge in [-0.15, -0.1) is 0 Å². The molecule has 2 aromatic rings. The molecule has 3 nitrogen and oxygen atoms in total. The van der Waals surface area contributed by atoms with Crippen LogP contribution in [0.25, 0.3) is 10.9 Å². The van der Waals surface area contributed by atoms with E-state index in [1.165, 1.54) is 32.1 Å². The summed E-state index contributed by atoms with van der Waals surface area (Å²) in [5.74, 6) is 0.433. The lowest BCUT2D eigenvalue weighted by Gasteiger charge is -2.10. The van der Waals surface area contributed by atoms with Crippen molar-refractivity contribution in [3.05, 3.63) is 39.7 Å². The first-order valence-corrected chi connectivity index (χ1v) is 8.37. The minimum atomic E-state index is 0.00957. The number of unbranched alkanes of at least 4 members (excludes halogenated alkanes) is 5. The fourth-order valence-electron chi connectivity index (χ4n) is 3.06. The van der Waals surface area contributed by atoms with Crippen LogP contribution in [0.3, 0.4) is 0 Å². The molecule has 0 saturated heterocycles. The van der Waals surface area contributed by atoms with Gasteiger partial charge in [-0.2, -0.15) is 0 Å². The Morgan fingerprint density at radius 1 is 1.09 bits per heavy atom. The average Bonchev–Trinajstić information content (AvgIpc) is 2.51. The number of aryl methyl sites for hydroxylation is 2. The lowest BCUT2D eigenvalue weighted by Crippen LogP contribution is -2.11. The van der Waals surface area contributed by atoms with E-state index < -0.39 is 0 Å². The summed E-state index contributed by atoms with van der Waals surface area (Å²) in [5, 5.41) is 0.790. The van der Waals surface area contributed by atoms with E-state index in [9.17, 15) is 4.79 Å². The molecule has 0 atom stereocenters. The number of aromatic nitrogens is 1. The normalized spacial score (nSPS) is 11.0. The molecule has 0 aliphatic carbocycles. The van der Waals surface area contributed by atoms with E-state index in [2.05, 4.69) is 18.0 Å². The minimum absolute atomic E-state index is 0.00957. The van der Waals surface area contributed by atoms with E-state index >= 15 is 0 Å². The van der Waals surface area contributed by atoms with Gasteiger partial charge in [-0.1, -0.05) is 51.2 Å². The van der Waals surface area contributed by atoms with E-state index in [-0.39, 0.29) is 5.43 Å².